The molecule has 0 bridgehead atoms. The molecule has 0 atom stereocenters. The predicted octanol–water partition coefficient (Wildman–Crippen LogP) is 2.51. The van der Waals surface area contributed by atoms with Crippen LogP contribution in [-0.2, 0) is 10.0 Å². The number of furan rings is 1. The highest BCUT2D eigenvalue weighted by Crippen LogP contribution is 2.20. The molecule has 0 spiro atoms. The van der Waals surface area contributed by atoms with Crippen molar-refractivity contribution in [3.8, 4) is 0 Å². The second kappa shape index (κ2) is 7.79. The van der Waals surface area contributed by atoms with Crippen LogP contribution < -0.4 is 10.0 Å². The first-order chi connectivity index (χ1) is 10.9. The summed E-state index contributed by atoms with van der Waals surface area (Å²) in [7, 11) is -2.38. The maximum atomic E-state index is 12.2. The van der Waals surface area contributed by atoms with E-state index in [1.807, 2.05) is 0 Å². The van der Waals surface area contributed by atoms with Crippen LogP contribution in [0.5, 0.6) is 0 Å². The summed E-state index contributed by atoms with van der Waals surface area (Å²) in [4.78, 5) is 12.2. The van der Waals surface area contributed by atoms with Crippen molar-refractivity contribution >= 4 is 15.9 Å². The van der Waals surface area contributed by atoms with Crippen molar-refractivity contribution in [2.24, 2.45) is 0 Å². The quantitative estimate of drug-likeness (QED) is 0.779. The van der Waals surface area contributed by atoms with E-state index in [4.69, 9.17) is 4.42 Å². The highest BCUT2D eigenvalue weighted by Gasteiger charge is 2.22. The van der Waals surface area contributed by atoms with Crippen LogP contribution >= 0.6 is 0 Å². The molecule has 0 saturated carbocycles. The van der Waals surface area contributed by atoms with E-state index in [0.717, 1.165) is 19.3 Å². The zero-order valence-electron chi connectivity index (χ0n) is 13.6. The number of hydrogen-bond acceptors (Lipinski definition) is 4. The molecule has 0 radical (unpaired) electrons. The van der Waals surface area contributed by atoms with Gasteiger partial charge in [-0.15, -0.1) is 0 Å². The van der Waals surface area contributed by atoms with Gasteiger partial charge in [-0.2, -0.15) is 0 Å². The van der Waals surface area contributed by atoms with E-state index in [0.29, 0.717) is 12.3 Å². The summed E-state index contributed by atoms with van der Waals surface area (Å²) in [6.07, 6.45) is 9.06. The summed E-state index contributed by atoms with van der Waals surface area (Å²) in [5.41, 5.74) is 1.65. The lowest BCUT2D eigenvalue weighted by Gasteiger charge is -2.07. The van der Waals surface area contributed by atoms with Gasteiger partial charge in [-0.1, -0.05) is 18.1 Å². The molecular weight excluding hydrogens is 316 g/mol. The standard InChI is InChI=1S/C16H24N2O4S/c1-12-14(11-15(22-12)23(20,21)17-2)16(19)18-10-9-13-7-5-3-4-6-8-13/h7,11,17H,3-6,8-10H2,1-2H3,(H,18,19). The number of hydrogen-bond donors (Lipinski definition) is 2. The van der Waals surface area contributed by atoms with Crippen molar-refractivity contribution in [3.05, 3.63) is 29.0 Å². The summed E-state index contributed by atoms with van der Waals surface area (Å²) in [5.74, 6) is -0.0111. The number of rotatable bonds is 6. The van der Waals surface area contributed by atoms with E-state index < -0.39 is 10.0 Å². The first-order valence-corrected chi connectivity index (χ1v) is 9.42. The molecule has 0 aromatic carbocycles. The second-order valence-corrected chi connectivity index (χ2v) is 7.53. The number of amides is 1. The predicted molar refractivity (Wildman–Crippen MR) is 87.8 cm³/mol. The molecule has 1 heterocycles. The molecule has 1 aliphatic rings. The van der Waals surface area contributed by atoms with Gasteiger partial charge in [0, 0.05) is 12.6 Å². The van der Waals surface area contributed by atoms with E-state index in [1.165, 1.54) is 37.9 Å². The van der Waals surface area contributed by atoms with E-state index in [1.54, 1.807) is 6.92 Å². The molecule has 2 N–H and O–H groups in total. The number of aryl methyl sites for hydroxylation is 1. The zero-order valence-corrected chi connectivity index (χ0v) is 14.5. The Kier molecular flexibility index (Phi) is 6.01. The topological polar surface area (TPSA) is 88.4 Å². The Morgan fingerprint density at radius 1 is 1.30 bits per heavy atom. The van der Waals surface area contributed by atoms with Gasteiger partial charge in [-0.3, -0.25) is 4.79 Å². The molecule has 0 aliphatic heterocycles. The molecule has 0 fully saturated rings. The van der Waals surface area contributed by atoms with Gasteiger partial charge in [0.25, 0.3) is 15.9 Å². The fourth-order valence-electron chi connectivity index (χ4n) is 2.65. The van der Waals surface area contributed by atoms with Gasteiger partial charge in [0.2, 0.25) is 5.09 Å². The van der Waals surface area contributed by atoms with Crippen molar-refractivity contribution < 1.29 is 17.6 Å². The molecule has 128 valence electrons. The van der Waals surface area contributed by atoms with Gasteiger partial charge >= 0.3 is 0 Å². The molecule has 23 heavy (non-hydrogen) atoms. The highest BCUT2D eigenvalue weighted by atomic mass is 32.2. The fraction of sp³-hybridized carbons (Fsp3) is 0.562. The van der Waals surface area contributed by atoms with Gasteiger partial charge in [0.1, 0.15) is 5.76 Å². The minimum Gasteiger partial charge on any atom is -0.448 e. The highest BCUT2D eigenvalue weighted by molar-refractivity contribution is 7.89. The first-order valence-electron chi connectivity index (χ1n) is 7.94. The van der Waals surface area contributed by atoms with Crippen molar-refractivity contribution in [2.45, 2.75) is 50.5 Å². The Labute approximate surface area is 137 Å². The van der Waals surface area contributed by atoms with Crippen LogP contribution in [0.2, 0.25) is 0 Å². The minimum atomic E-state index is -3.68. The SMILES string of the molecule is CNS(=O)(=O)c1cc(C(=O)NCCC2=CCCCCC2)c(C)o1. The Hall–Kier alpha value is -1.60. The van der Waals surface area contributed by atoms with Crippen molar-refractivity contribution in [2.75, 3.05) is 13.6 Å². The summed E-state index contributed by atoms with van der Waals surface area (Å²) in [6, 6.07) is 1.27. The van der Waals surface area contributed by atoms with E-state index in [2.05, 4.69) is 16.1 Å². The molecule has 6 nitrogen and oxygen atoms in total. The smallest absolute Gasteiger partial charge is 0.273 e. The molecular formula is C16H24N2O4S. The average Bonchev–Trinajstić information content (AvgIpc) is 2.75. The second-order valence-electron chi connectivity index (χ2n) is 5.71. The lowest BCUT2D eigenvalue weighted by molar-refractivity contribution is 0.0952. The van der Waals surface area contributed by atoms with Crippen LogP contribution in [0.25, 0.3) is 0 Å². The van der Waals surface area contributed by atoms with Gasteiger partial charge in [0.05, 0.1) is 5.56 Å². The van der Waals surface area contributed by atoms with Crippen LogP contribution in [0.15, 0.2) is 27.2 Å². The van der Waals surface area contributed by atoms with Crippen molar-refractivity contribution in [1.82, 2.24) is 10.0 Å². The normalized spacial score (nSPS) is 15.8. The molecule has 1 aliphatic carbocycles. The lowest BCUT2D eigenvalue weighted by Crippen LogP contribution is -2.25. The van der Waals surface area contributed by atoms with Gasteiger partial charge in [-0.05, 0) is 46.1 Å². The third-order valence-corrected chi connectivity index (χ3v) is 5.31. The molecule has 2 rings (SSSR count). The van der Waals surface area contributed by atoms with Crippen LogP contribution in [0.1, 0.15) is 54.6 Å². The monoisotopic (exact) mass is 340 g/mol. The first kappa shape index (κ1) is 17.7. The van der Waals surface area contributed by atoms with Gasteiger partial charge in [-0.25, -0.2) is 13.1 Å². The summed E-state index contributed by atoms with van der Waals surface area (Å²) >= 11 is 0. The number of nitrogens with one attached hydrogen (secondary N) is 2. The Bertz CT molecular complexity index is 689. The molecule has 1 aromatic rings. The van der Waals surface area contributed by atoms with Crippen LogP contribution in [0.4, 0.5) is 0 Å². The molecule has 7 heteroatoms. The summed E-state index contributed by atoms with van der Waals surface area (Å²) in [5, 5.41) is 2.59. The summed E-state index contributed by atoms with van der Waals surface area (Å²) in [6.45, 7) is 2.13. The lowest BCUT2D eigenvalue weighted by atomic mass is 10.1. The van der Waals surface area contributed by atoms with Gasteiger partial charge < -0.3 is 9.73 Å². The number of sulfonamides is 1. The number of allylic oxidation sites excluding steroid dienone is 1. The Balaban J connectivity index is 1.94. The molecule has 1 amide bonds. The fourth-order valence-corrected chi connectivity index (χ4v) is 3.36. The molecule has 0 saturated heterocycles. The Morgan fingerprint density at radius 2 is 2.09 bits per heavy atom. The van der Waals surface area contributed by atoms with Crippen LogP contribution in [-0.4, -0.2) is 27.9 Å². The number of carbonyl (C=O) groups is 1. The molecule has 1 aromatic heterocycles. The zero-order chi connectivity index (χ0) is 16.9. The van der Waals surface area contributed by atoms with Crippen molar-refractivity contribution in [1.29, 1.82) is 0 Å². The third kappa shape index (κ3) is 4.68. The van der Waals surface area contributed by atoms with Gasteiger partial charge in [0.15, 0.2) is 0 Å². The van der Waals surface area contributed by atoms with Crippen molar-refractivity contribution in [3.63, 3.8) is 0 Å². The van der Waals surface area contributed by atoms with Crippen LogP contribution in [0.3, 0.4) is 0 Å². The van der Waals surface area contributed by atoms with E-state index in [9.17, 15) is 13.2 Å². The largest absolute Gasteiger partial charge is 0.448 e. The van der Waals surface area contributed by atoms with E-state index in [-0.39, 0.29) is 16.6 Å². The number of carbonyl (C=O) groups excluding carboxylic acids is 1. The minimum absolute atomic E-state index is 0.242. The maximum Gasteiger partial charge on any atom is 0.273 e. The van der Waals surface area contributed by atoms with E-state index >= 15 is 0 Å². The summed E-state index contributed by atoms with van der Waals surface area (Å²) < 4.78 is 30.7. The van der Waals surface area contributed by atoms with Crippen LogP contribution in [0, 0.1) is 6.92 Å². The Morgan fingerprint density at radius 3 is 2.83 bits per heavy atom. The average molecular weight is 340 g/mol. The molecule has 0 unspecified atom stereocenters. The maximum absolute atomic E-state index is 12.2. The third-order valence-electron chi connectivity index (χ3n) is 4.04.